The van der Waals surface area contributed by atoms with Crippen molar-refractivity contribution in [2.45, 2.75) is 10.6 Å². The fourth-order valence-corrected chi connectivity index (χ4v) is 3.30. The highest BCUT2D eigenvalue weighted by Gasteiger charge is 2.25. The van der Waals surface area contributed by atoms with Gasteiger partial charge in [0.2, 0.25) is 0 Å². The summed E-state index contributed by atoms with van der Waals surface area (Å²) in [6.45, 7) is 0. The van der Waals surface area contributed by atoms with Gasteiger partial charge in [0, 0.05) is 31.2 Å². The molecular formula is C12H12ClN3S. The lowest BCUT2D eigenvalue weighted by Crippen LogP contribution is -2.02. The molecule has 0 saturated heterocycles. The summed E-state index contributed by atoms with van der Waals surface area (Å²) in [5.74, 6) is 0. The van der Waals surface area contributed by atoms with E-state index in [9.17, 15) is 0 Å². The zero-order valence-corrected chi connectivity index (χ0v) is 10.9. The largest absolute Gasteiger partial charge is 0.388 e. The van der Waals surface area contributed by atoms with Crippen molar-refractivity contribution in [2.75, 3.05) is 12.4 Å². The molecular weight excluding hydrogens is 254 g/mol. The molecule has 17 heavy (non-hydrogen) atoms. The van der Waals surface area contributed by atoms with Crippen molar-refractivity contribution in [1.29, 1.82) is 0 Å². The van der Waals surface area contributed by atoms with Crippen LogP contribution in [0, 0.1) is 0 Å². The lowest BCUT2D eigenvalue weighted by molar-refractivity contribution is 0.957. The molecule has 2 unspecified atom stereocenters. The van der Waals surface area contributed by atoms with Crippen molar-refractivity contribution in [1.82, 2.24) is 9.38 Å². The molecule has 5 heteroatoms. The molecule has 0 fully saturated rings. The van der Waals surface area contributed by atoms with E-state index >= 15 is 0 Å². The van der Waals surface area contributed by atoms with Gasteiger partial charge in [-0.25, -0.2) is 4.98 Å². The van der Waals surface area contributed by atoms with E-state index in [-0.39, 0.29) is 10.6 Å². The Balaban J connectivity index is 2.01. The summed E-state index contributed by atoms with van der Waals surface area (Å²) >= 11 is 7.95. The van der Waals surface area contributed by atoms with Crippen molar-refractivity contribution in [2.24, 2.45) is 0 Å². The lowest BCUT2D eigenvalue weighted by atomic mass is 10.2. The summed E-state index contributed by atoms with van der Waals surface area (Å²) in [6, 6.07) is 4.05. The molecule has 0 aromatic carbocycles. The van der Waals surface area contributed by atoms with E-state index in [4.69, 9.17) is 11.6 Å². The van der Waals surface area contributed by atoms with Gasteiger partial charge in [-0.3, -0.25) is 0 Å². The summed E-state index contributed by atoms with van der Waals surface area (Å²) < 4.78 is 2.03. The molecule has 2 atom stereocenters. The molecule has 88 valence electrons. The fourth-order valence-electron chi connectivity index (χ4n) is 1.91. The van der Waals surface area contributed by atoms with Gasteiger partial charge in [-0.1, -0.05) is 6.08 Å². The quantitative estimate of drug-likeness (QED) is 0.845. The second-order valence-corrected chi connectivity index (χ2v) is 5.48. The van der Waals surface area contributed by atoms with E-state index in [1.54, 1.807) is 11.8 Å². The number of hydrogen-bond acceptors (Lipinski definition) is 3. The Labute approximate surface area is 109 Å². The van der Waals surface area contributed by atoms with Crippen LogP contribution in [-0.2, 0) is 0 Å². The molecule has 0 spiro atoms. The Bertz CT molecular complexity index is 578. The Morgan fingerprint density at radius 2 is 2.41 bits per heavy atom. The summed E-state index contributed by atoms with van der Waals surface area (Å²) in [5.41, 5.74) is 3.05. The van der Waals surface area contributed by atoms with Crippen molar-refractivity contribution >= 4 is 34.7 Å². The molecule has 2 aromatic heterocycles. The van der Waals surface area contributed by atoms with Crippen LogP contribution in [0.1, 0.15) is 10.9 Å². The highest BCUT2D eigenvalue weighted by atomic mass is 35.5. The first kappa shape index (κ1) is 11.0. The van der Waals surface area contributed by atoms with Gasteiger partial charge in [-0.2, -0.15) is 0 Å². The van der Waals surface area contributed by atoms with Gasteiger partial charge >= 0.3 is 0 Å². The third-order valence-electron chi connectivity index (χ3n) is 2.84. The molecule has 1 N–H and O–H groups in total. The van der Waals surface area contributed by atoms with E-state index in [1.807, 2.05) is 41.3 Å². The van der Waals surface area contributed by atoms with E-state index in [2.05, 4.69) is 16.5 Å². The number of halogens is 1. The van der Waals surface area contributed by atoms with Crippen molar-refractivity contribution in [3.63, 3.8) is 0 Å². The molecule has 2 aromatic rings. The van der Waals surface area contributed by atoms with Crippen LogP contribution in [0.15, 0.2) is 36.0 Å². The predicted molar refractivity (Wildman–Crippen MR) is 73.9 cm³/mol. The van der Waals surface area contributed by atoms with Crippen LogP contribution in [-0.4, -0.2) is 21.8 Å². The lowest BCUT2D eigenvalue weighted by Gasteiger charge is -2.08. The monoisotopic (exact) mass is 265 g/mol. The fraction of sp³-hybridized carbons (Fsp3) is 0.250. The van der Waals surface area contributed by atoms with Gasteiger partial charge in [-0.15, -0.1) is 23.4 Å². The van der Waals surface area contributed by atoms with Crippen molar-refractivity contribution in [3.05, 3.63) is 41.7 Å². The van der Waals surface area contributed by atoms with Crippen LogP contribution in [0.2, 0.25) is 0 Å². The van der Waals surface area contributed by atoms with Crippen molar-refractivity contribution in [3.8, 4) is 0 Å². The first-order valence-corrected chi connectivity index (χ1v) is 6.78. The number of alkyl halides is 1. The minimum Gasteiger partial charge on any atom is -0.388 e. The third kappa shape index (κ3) is 1.91. The first-order chi connectivity index (χ1) is 8.28. The average Bonchev–Trinajstić information content (AvgIpc) is 2.93. The zero-order valence-electron chi connectivity index (χ0n) is 9.30. The van der Waals surface area contributed by atoms with Gasteiger partial charge < -0.3 is 9.72 Å². The molecule has 1 aliphatic rings. The maximum absolute atomic E-state index is 6.23. The maximum atomic E-state index is 6.23. The Hall–Kier alpha value is -1.13. The number of nitrogens with one attached hydrogen (secondary N) is 1. The van der Waals surface area contributed by atoms with E-state index in [0.717, 1.165) is 17.0 Å². The average molecular weight is 266 g/mol. The van der Waals surface area contributed by atoms with Crippen LogP contribution in [0.25, 0.3) is 5.65 Å². The predicted octanol–water partition coefficient (Wildman–Crippen LogP) is 3.29. The third-order valence-corrected chi connectivity index (χ3v) is 4.52. The van der Waals surface area contributed by atoms with E-state index in [1.165, 1.54) is 0 Å². The number of fused-ring (bicyclic) bond motifs is 1. The van der Waals surface area contributed by atoms with Gasteiger partial charge in [0.05, 0.1) is 16.3 Å². The van der Waals surface area contributed by atoms with Crippen LogP contribution < -0.4 is 5.32 Å². The molecule has 0 aliphatic carbocycles. The van der Waals surface area contributed by atoms with Gasteiger partial charge in [-0.05, 0) is 11.5 Å². The number of thioether (sulfide) groups is 1. The second-order valence-electron chi connectivity index (χ2n) is 3.93. The number of hydrogen-bond donors (Lipinski definition) is 1. The highest BCUT2D eigenvalue weighted by Crippen LogP contribution is 2.41. The summed E-state index contributed by atoms with van der Waals surface area (Å²) in [7, 11) is 1.90. The van der Waals surface area contributed by atoms with Crippen molar-refractivity contribution < 1.29 is 0 Å². The summed E-state index contributed by atoms with van der Waals surface area (Å²) in [4.78, 5) is 4.63. The zero-order chi connectivity index (χ0) is 11.8. The maximum Gasteiger partial charge on any atom is 0.139 e. The van der Waals surface area contributed by atoms with Gasteiger partial charge in [0.15, 0.2) is 0 Å². The topological polar surface area (TPSA) is 29.3 Å². The highest BCUT2D eigenvalue weighted by molar-refractivity contribution is 8.02. The number of allylic oxidation sites excluding steroid dienone is 1. The number of imidazole rings is 1. The minimum atomic E-state index is 0.0358. The molecule has 3 heterocycles. The Morgan fingerprint density at radius 1 is 1.53 bits per heavy atom. The molecule has 3 rings (SSSR count). The second kappa shape index (κ2) is 4.27. The number of anilines is 1. The van der Waals surface area contributed by atoms with Gasteiger partial charge in [0.25, 0.3) is 0 Å². The molecule has 0 saturated carbocycles. The number of aromatic nitrogens is 2. The van der Waals surface area contributed by atoms with Crippen LogP contribution >= 0.6 is 23.4 Å². The SMILES string of the molecule is CNc1ccn2cc(C3SC=CC3Cl)nc2c1. The van der Waals surface area contributed by atoms with Gasteiger partial charge in [0.1, 0.15) is 5.65 Å². The summed E-state index contributed by atoms with van der Waals surface area (Å²) in [5, 5.41) is 5.42. The molecule has 0 bridgehead atoms. The Kier molecular flexibility index (Phi) is 2.76. The van der Waals surface area contributed by atoms with Crippen LogP contribution in [0.4, 0.5) is 5.69 Å². The molecule has 3 nitrogen and oxygen atoms in total. The normalized spacial score (nSPS) is 23.4. The first-order valence-electron chi connectivity index (χ1n) is 5.40. The minimum absolute atomic E-state index is 0.0358. The molecule has 1 aliphatic heterocycles. The van der Waals surface area contributed by atoms with E-state index < -0.39 is 0 Å². The number of nitrogens with zero attached hydrogens (tertiary/aromatic N) is 2. The standard InChI is InChI=1S/C12H12ClN3S/c1-14-8-2-4-16-7-10(15-11(16)6-8)12-9(13)3-5-17-12/h2-7,9,12,14H,1H3. The Morgan fingerprint density at radius 3 is 3.12 bits per heavy atom. The molecule has 0 amide bonds. The summed E-state index contributed by atoms with van der Waals surface area (Å²) in [6.07, 6.45) is 6.07. The molecule has 0 radical (unpaired) electrons. The van der Waals surface area contributed by atoms with Crippen LogP contribution in [0.5, 0.6) is 0 Å². The number of rotatable bonds is 2. The van der Waals surface area contributed by atoms with Crippen LogP contribution in [0.3, 0.4) is 0 Å². The smallest absolute Gasteiger partial charge is 0.139 e. The number of pyridine rings is 1. The van der Waals surface area contributed by atoms with E-state index in [0.29, 0.717) is 0 Å².